The van der Waals surface area contributed by atoms with Gasteiger partial charge in [-0.05, 0) is 13.3 Å². The third-order valence-corrected chi connectivity index (χ3v) is 1.35. The molecule has 0 aromatic rings. The predicted octanol–water partition coefficient (Wildman–Crippen LogP) is 0.789. The van der Waals surface area contributed by atoms with Crippen LogP contribution < -0.4 is 0 Å². The first kappa shape index (κ1) is 9.43. The van der Waals surface area contributed by atoms with Gasteiger partial charge in [-0.15, -0.1) is 0 Å². The zero-order valence-corrected chi connectivity index (χ0v) is 6.42. The number of carbonyl (C=O) groups is 1. The molecular formula is C7H13O3. The number of hydrogen-bond acceptors (Lipinski definition) is 3. The van der Waals surface area contributed by atoms with Crippen molar-refractivity contribution in [3.8, 4) is 0 Å². The summed E-state index contributed by atoms with van der Waals surface area (Å²) >= 11 is 0. The zero-order chi connectivity index (χ0) is 8.04. The average Bonchev–Trinajstić information content (AvgIpc) is 1.89. The minimum Gasteiger partial charge on any atom is -0.459 e. The summed E-state index contributed by atoms with van der Waals surface area (Å²) < 4.78 is 9.51. The van der Waals surface area contributed by atoms with Crippen LogP contribution in [0.15, 0.2) is 0 Å². The van der Waals surface area contributed by atoms with Gasteiger partial charge in [-0.3, -0.25) is 4.79 Å². The van der Waals surface area contributed by atoms with Crippen molar-refractivity contribution in [3.05, 3.63) is 6.92 Å². The highest BCUT2D eigenvalue weighted by Gasteiger charge is 2.22. The quantitative estimate of drug-likeness (QED) is 0.536. The van der Waals surface area contributed by atoms with Crippen LogP contribution in [0.4, 0.5) is 0 Å². The first-order valence-electron chi connectivity index (χ1n) is 3.14. The van der Waals surface area contributed by atoms with Crippen molar-refractivity contribution in [3.63, 3.8) is 0 Å². The van der Waals surface area contributed by atoms with E-state index in [0.717, 1.165) is 0 Å². The predicted molar refractivity (Wildman–Crippen MR) is 37.4 cm³/mol. The molecule has 0 aromatic heterocycles. The summed E-state index contributed by atoms with van der Waals surface area (Å²) in [5.74, 6) is 0. The second-order valence-electron chi connectivity index (χ2n) is 2.18. The molecule has 0 fully saturated rings. The fourth-order valence-electron chi connectivity index (χ4n) is 0.585. The Morgan fingerprint density at radius 2 is 2.30 bits per heavy atom. The summed E-state index contributed by atoms with van der Waals surface area (Å²) in [5, 5.41) is 0. The first-order chi connectivity index (χ1) is 4.68. The summed E-state index contributed by atoms with van der Waals surface area (Å²) in [4.78, 5) is 9.94. The van der Waals surface area contributed by atoms with Crippen molar-refractivity contribution < 1.29 is 14.3 Å². The van der Waals surface area contributed by atoms with Gasteiger partial charge in [0.15, 0.2) is 0 Å². The van der Waals surface area contributed by atoms with Crippen LogP contribution in [-0.4, -0.2) is 25.8 Å². The Balaban J connectivity index is 3.80. The van der Waals surface area contributed by atoms with Gasteiger partial charge < -0.3 is 9.47 Å². The molecule has 0 aliphatic rings. The highest BCUT2D eigenvalue weighted by molar-refractivity contribution is 5.38. The lowest BCUT2D eigenvalue weighted by molar-refractivity contribution is -0.144. The van der Waals surface area contributed by atoms with Crippen molar-refractivity contribution in [2.45, 2.75) is 18.9 Å². The van der Waals surface area contributed by atoms with Crippen molar-refractivity contribution in [2.24, 2.45) is 0 Å². The molecule has 3 heteroatoms. The Hall–Kier alpha value is -0.570. The Kier molecular flexibility index (Phi) is 4.03. The summed E-state index contributed by atoms with van der Waals surface area (Å²) in [7, 11) is 1.55. The van der Waals surface area contributed by atoms with Crippen LogP contribution in [0.25, 0.3) is 0 Å². The maximum absolute atomic E-state index is 9.94. The molecule has 1 atom stereocenters. The standard InChI is InChI=1S/C7H13O3/c1-4-7(2,5-9-3)10-6-8/h6H,2,4-5H2,1,3H3. The van der Waals surface area contributed by atoms with Crippen LogP contribution in [0.5, 0.6) is 0 Å². The van der Waals surface area contributed by atoms with E-state index in [4.69, 9.17) is 9.47 Å². The lowest BCUT2D eigenvalue weighted by Crippen LogP contribution is -2.33. The number of carbonyl (C=O) groups excluding carboxylic acids is 1. The smallest absolute Gasteiger partial charge is 0.293 e. The molecule has 0 spiro atoms. The molecule has 0 amide bonds. The van der Waals surface area contributed by atoms with Crippen LogP contribution in [0, 0.1) is 6.92 Å². The summed E-state index contributed by atoms with van der Waals surface area (Å²) in [6.07, 6.45) is 0.652. The maximum atomic E-state index is 9.94. The topological polar surface area (TPSA) is 35.5 Å². The van der Waals surface area contributed by atoms with E-state index in [1.165, 1.54) is 0 Å². The van der Waals surface area contributed by atoms with Crippen LogP contribution in [0.2, 0.25) is 0 Å². The number of hydrogen-bond donors (Lipinski definition) is 0. The van der Waals surface area contributed by atoms with Crippen LogP contribution in [-0.2, 0) is 14.3 Å². The number of ether oxygens (including phenoxy) is 2. The van der Waals surface area contributed by atoms with E-state index in [1.54, 1.807) is 7.11 Å². The summed E-state index contributed by atoms with van der Waals surface area (Å²) in [6.45, 7) is 6.31. The molecule has 1 radical (unpaired) electrons. The Labute approximate surface area is 61.3 Å². The molecule has 1 unspecified atom stereocenters. The SMILES string of the molecule is [CH2]C(CC)(COC)OC=O. The van der Waals surface area contributed by atoms with Gasteiger partial charge in [0, 0.05) is 7.11 Å². The third kappa shape index (κ3) is 2.82. The van der Waals surface area contributed by atoms with Gasteiger partial charge in [0.2, 0.25) is 0 Å². The van der Waals surface area contributed by atoms with Gasteiger partial charge in [0.1, 0.15) is 5.60 Å². The lowest BCUT2D eigenvalue weighted by atomic mass is 10.1. The molecule has 0 saturated carbocycles. The van der Waals surface area contributed by atoms with Crippen molar-refractivity contribution in [1.29, 1.82) is 0 Å². The Morgan fingerprint density at radius 3 is 2.60 bits per heavy atom. The van der Waals surface area contributed by atoms with Crippen LogP contribution in [0.1, 0.15) is 13.3 Å². The average molecular weight is 145 g/mol. The second-order valence-corrected chi connectivity index (χ2v) is 2.18. The van der Waals surface area contributed by atoms with Gasteiger partial charge in [-0.2, -0.15) is 0 Å². The van der Waals surface area contributed by atoms with Crippen molar-refractivity contribution in [1.82, 2.24) is 0 Å². The summed E-state index contributed by atoms with van der Waals surface area (Å²) in [6, 6.07) is 0. The molecule has 0 aliphatic heterocycles. The monoisotopic (exact) mass is 145 g/mol. The molecule has 0 aliphatic carbocycles. The third-order valence-electron chi connectivity index (χ3n) is 1.35. The number of methoxy groups -OCH3 is 1. The first-order valence-corrected chi connectivity index (χ1v) is 3.14. The minimum absolute atomic E-state index is 0.336. The van der Waals surface area contributed by atoms with Crippen LogP contribution in [0.3, 0.4) is 0 Å². The van der Waals surface area contributed by atoms with Gasteiger partial charge in [0.05, 0.1) is 6.61 Å². The van der Waals surface area contributed by atoms with E-state index >= 15 is 0 Å². The molecule has 10 heavy (non-hydrogen) atoms. The van der Waals surface area contributed by atoms with E-state index in [1.807, 2.05) is 6.92 Å². The fourth-order valence-corrected chi connectivity index (χ4v) is 0.585. The molecule has 0 heterocycles. The van der Waals surface area contributed by atoms with E-state index in [0.29, 0.717) is 19.5 Å². The van der Waals surface area contributed by atoms with Crippen molar-refractivity contribution in [2.75, 3.05) is 13.7 Å². The second kappa shape index (κ2) is 4.28. The minimum atomic E-state index is -0.698. The molecule has 0 N–H and O–H groups in total. The van der Waals surface area contributed by atoms with E-state index in [9.17, 15) is 4.79 Å². The molecule has 0 rings (SSSR count). The zero-order valence-electron chi connectivity index (χ0n) is 6.42. The van der Waals surface area contributed by atoms with Gasteiger partial charge in [0.25, 0.3) is 6.47 Å². The molecular weight excluding hydrogens is 132 g/mol. The highest BCUT2D eigenvalue weighted by atomic mass is 16.6. The number of rotatable bonds is 5. The summed E-state index contributed by atoms with van der Waals surface area (Å²) in [5.41, 5.74) is -0.698. The largest absolute Gasteiger partial charge is 0.459 e. The normalized spacial score (nSPS) is 15.9. The molecule has 0 bridgehead atoms. The molecule has 0 aromatic carbocycles. The van der Waals surface area contributed by atoms with Gasteiger partial charge in [-0.1, -0.05) is 6.92 Å². The molecule has 0 saturated heterocycles. The van der Waals surface area contributed by atoms with Crippen molar-refractivity contribution >= 4 is 6.47 Å². The lowest BCUT2D eigenvalue weighted by Gasteiger charge is -2.24. The van der Waals surface area contributed by atoms with E-state index in [-0.39, 0.29) is 0 Å². The van der Waals surface area contributed by atoms with E-state index < -0.39 is 5.60 Å². The van der Waals surface area contributed by atoms with E-state index in [2.05, 4.69) is 6.92 Å². The molecule has 3 nitrogen and oxygen atoms in total. The van der Waals surface area contributed by atoms with Gasteiger partial charge in [-0.25, -0.2) is 0 Å². The maximum Gasteiger partial charge on any atom is 0.293 e. The highest BCUT2D eigenvalue weighted by Crippen LogP contribution is 2.12. The fraction of sp³-hybridized carbons (Fsp3) is 0.714. The van der Waals surface area contributed by atoms with Crippen LogP contribution >= 0.6 is 0 Å². The Morgan fingerprint density at radius 1 is 1.70 bits per heavy atom. The van der Waals surface area contributed by atoms with Gasteiger partial charge >= 0.3 is 0 Å². The Bertz CT molecular complexity index is 103. The molecule has 59 valence electrons.